The smallest absolute Gasteiger partial charge is 0.227 e. The minimum atomic E-state index is -2.95. The van der Waals surface area contributed by atoms with Crippen LogP contribution in [0.15, 0.2) is 5.51 Å². The maximum absolute atomic E-state index is 12.1. The van der Waals surface area contributed by atoms with Crippen molar-refractivity contribution >= 4 is 27.1 Å². The Kier molecular flexibility index (Phi) is 3.72. The Bertz CT molecular complexity index is 550. The molecule has 1 aliphatic rings. The molecule has 100 valence electrons. The first-order valence-corrected chi connectivity index (χ1v) is 8.44. The van der Waals surface area contributed by atoms with Gasteiger partial charge in [-0.1, -0.05) is 0 Å². The number of amides is 1. The molecule has 5 nitrogen and oxygen atoms in total. The molecule has 0 N–H and O–H groups in total. The molecule has 1 aromatic rings. The van der Waals surface area contributed by atoms with Crippen LogP contribution in [0.5, 0.6) is 0 Å². The van der Waals surface area contributed by atoms with Crippen molar-refractivity contribution in [1.29, 1.82) is 0 Å². The second-order valence-corrected chi connectivity index (χ2v) is 7.77. The van der Waals surface area contributed by atoms with E-state index in [0.717, 1.165) is 10.6 Å². The van der Waals surface area contributed by atoms with E-state index >= 15 is 0 Å². The molecule has 0 radical (unpaired) electrons. The number of carbonyl (C=O) groups excluding carboxylic acids is 1. The molecular weight excluding hydrogens is 272 g/mol. The number of aromatic nitrogens is 1. The SMILES string of the molecule is Cc1ncsc1CC(=O)N(C)C1CCS(=O)(=O)C1. The number of hydrogen-bond acceptors (Lipinski definition) is 5. The molecule has 0 saturated carbocycles. The lowest BCUT2D eigenvalue weighted by molar-refractivity contribution is -0.130. The second-order valence-electron chi connectivity index (χ2n) is 4.60. The monoisotopic (exact) mass is 288 g/mol. The zero-order chi connectivity index (χ0) is 13.3. The van der Waals surface area contributed by atoms with Crippen LogP contribution >= 0.6 is 11.3 Å². The number of carbonyl (C=O) groups is 1. The van der Waals surface area contributed by atoms with Gasteiger partial charge in [-0.3, -0.25) is 4.79 Å². The highest BCUT2D eigenvalue weighted by Crippen LogP contribution is 2.19. The molecule has 1 fully saturated rings. The van der Waals surface area contributed by atoms with E-state index in [2.05, 4.69) is 4.98 Å². The van der Waals surface area contributed by atoms with Gasteiger partial charge in [0, 0.05) is 18.0 Å². The second kappa shape index (κ2) is 4.97. The van der Waals surface area contributed by atoms with Gasteiger partial charge in [0.2, 0.25) is 5.91 Å². The van der Waals surface area contributed by atoms with Crippen molar-refractivity contribution in [2.45, 2.75) is 25.8 Å². The molecule has 18 heavy (non-hydrogen) atoms. The molecule has 0 aromatic carbocycles. The number of thiazole rings is 1. The van der Waals surface area contributed by atoms with Crippen LogP contribution in [-0.2, 0) is 21.1 Å². The number of nitrogens with zero attached hydrogens (tertiary/aromatic N) is 2. The highest BCUT2D eigenvalue weighted by molar-refractivity contribution is 7.91. The fraction of sp³-hybridized carbons (Fsp3) is 0.636. The lowest BCUT2D eigenvalue weighted by Crippen LogP contribution is -2.38. The van der Waals surface area contributed by atoms with E-state index in [9.17, 15) is 13.2 Å². The molecule has 1 unspecified atom stereocenters. The number of rotatable bonds is 3. The quantitative estimate of drug-likeness (QED) is 0.818. The average molecular weight is 288 g/mol. The normalized spacial score (nSPS) is 22.0. The molecule has 0 aliphatic carbocycles. The minimum absolute atomic E-state index is 0.0375. The predicted molar refractivity (Wildman–Crippen MR) is 70.4 cm³/mol. The van der Waals surface area contributed by atoms with Crippen molar-refractivity contribution in [2.75, 3.05) is 18.6 Å². The Morgan fingerprint density at radius 2 is 2.33 bits per heavy atom. The lowest BCUT2D eigenvalue weighted by atomic mass is 10.2. The summed E-state index contributed by atoms with van der Waals surface area (Å²) in [5.41, 5.74) is 2.60. The standard InChI is InChI=1S/C11H16N2O3S2/c1-8-10(17-7-12-8)5-11(14)13(2)9-3-4-18(15,16)6-9/h7,9H,3-6H2,1-2H3. The molecule has 1 amide bonds. The van der Waals surface area contributed by atoms with E-state index in [1.165, 1.54) is 11.3 Å². The molecule has 0 spiro atoms. The fourth-order valence-electron chi connectivity index (χ4n) is 2.04. The van der Waals surface area contributed by atoms with E-state index < -0.39 is 9.84 Å². The van der Waals surface area contributed by atoms with Gasteiger partial charge in [-0.15, -0.1) is 11.3 Å². The highest BCUT2D eigenvalue weighted by Gasteiger charge is 2.32. The number of hydrogen-bond donors (Lipinski definition) is 0. The van der Waals surface area contributed by atoms with Crippen molar-refractivity contribution in [3.63, 3.8) is 0 Å². The summed E-state index contributed by atoms with van der Waals surface area (Å²) < 4.78 is 22.8. The summed E-state index contributed by atoms with van der Waals surface area (Å²) in [6, 6.07) is -0.171. The Balaban J connectivity index is 2.00. The van der Waals surface area contributed by atoms with Gasteiger partial charge >= 0.3 is 0 Å². The third kappa shape index (κ3) is 2.89. The van der Waals surface area contributed by atoms with Crippen LogP contribution in [0.1, 0.15) is 17.0 Å². The average Bonchev–Trinajstić information content (AvgIpc) is 2.84. The molecule has 2 rings (SSSR count). The third-order valence-electron chi connectivity index (χ3n) is 3.31. The summed E-state index contributed by atoms with van der Waals surface area (Å²) in [4.78, 5) is 18.7. The molecule has 1 aromatic heterocycles. The van der Waals surface area contributed by atoms with E-state index in [4.69, 9.17) is 0 Å². The Morgan fingerprint density at radius 3 is 2.83 bits per heavy atom. The van der Waals surface area contributed by atoms with Gasteiger partial charge in [-0.05, 0) is 13.3 Å². The van der Waals surface area contributed by atoms with Crippen LogP contribution in [0, 0.1) is 6.92 Å². The van der Waals surface area contributed by atoms with Crippen LogP contribution in [0.25, 0.3) is 0 Å². The molecule has 7 heteroatoms. The topological polar surface area (TPSA) is 67.3 Å². The molecule has 1 aliphatic heterocycles. The number of sulfone groups is 1. The maximum atomic E-state index is 12.1. The fourth-order valence-corrected chi connectivity index (χ4v) is 4.58. The highest BCUT2D eigenvalue weighted by atomic mass is 32.2. The van der Waals surface area contributed by atoms with Crippen molar-refractivity contribution in [3.05, 3.63) is 16.1 Å². The van der Waals surface area contributed by atoms with Crippen molar-refractivity contribution in [3.8, 4) is 0 Å². The van der Waals surface area contributed by atoms with Crippen LogP contribution in [0.4, 0.5) is 0 Å². The minimum Gasteiger partial charge on any atom is -0.341 e. The van der Waals surface area contributed by atoms with Gasteiger partial charge in [0.15, 0.2) is 9.84 Å². The van der Waals surface area contributed by atoms with E-state index in [1.54, 1.807) is 17.5 Å². The van der Waals surface area contributed by atoms with Crippen molar-refractivity contribution in [1.82, 2.24) is 9.88 Å². The largest absolute Gasteiger partial charge is 0.341 e. The molecule has 1 saturated heterocycles. The lowest BCUT2D eigenvalue weighted by Gasteiger charge is -2.23. The molecule has 0 bridgehead atoms. The van der Waals surface area contributed by atoms with E-state index in [0.29, 0.717) is 12.8 Å². The van der Waals surface area contributed by atoms with Gasteiger partial charge < -0.3 is 4.90 Å². The Hall–Kier alpha value is -0.950. The van der Waals surface area contributed by atoms with Gasteiger partial charge in [0.25, 0.3) is 0 Å². The first kappa shape index (κ1) is 13.5. The summed E-state index contributed by atoms with van der Waals surface area (Å²) in [5, 5.41) is 0. The summed E-state index contributed by atoms with van der Waals surface area (Å²) in [5.74, 6) is 0.246. The van der Waals surface area contributed by atoms with Crippen LogP contribution in [0.2, 0.25) is 0 Å². The van der Waals surface area contributed by atoms with Gasteiger partial charge in [-0.25, -0.2) is 13.4 Å². The summed E-state index contributed by atoms with van der Waals surface area (Å²) >= 11 is 1.46. The number of aryl methyl sites for hydroxylation is 1. The van der Waals surface area contributed by atoms with Gasteiger partial charge in [0.1, 0.15) is 0 Å². The Labute approximate surface area is 111 Å². The van der Waals surface area contributed by atoms with Crippen LogP contribution in [-0.4, -0.2) is 48.8 Å². The summed E-state index contributed by atoms with van der Waals surface area (Å²) in [6.45, 7) is 1.87. The van der Waals surface area contributed by atoms with Crippen LogP contribution in [0.3, 0.4) is 0 Å². The zero-order valence-corrected chi connectivity index (χ0v) is 12.1. The zero-order valence-electron chi connectivity index (χ0n) is 10.4. The van der Waals surface area contributed by atoms with Crippen LogP contribution < -0.4 is 0 Å². The Morgan fingerprint density at radius 1 is 1.61 bits per heavy atom. The third-order valence-corrected chi connectivity index (χ3v) is 5.99. The van der Waals surface area contributed by atoms with Crippen molar-refractivity contribution < 1.29 is 13.2 Å². The summed E-state index contributed by atoms with van der Waals surface area (Å²) in [6.07, 6.45) is 0.857. The molecule has 2 heterocycles. The van der Waals surface area contributed by atoms with E-state index in [1.807, 2.05) is 6.92 Å². The molecule has 1 atom stereocenters. The summed E-state index contributed by atoms with van der Waals surface area (Å²) in [7, 11) is -1.26. The van der Waals surface area contributed by atoms with E-state index in [-0.39, 0.29) is 23.5 Å². The number of likely N-dealkylation sites (N-methyl/N-ethyl adjacent to an activating group) is 1. The van der Waals surface area contributed by atoms with Crippen molar-refractivity contribution in [2.24, 2.45) is 0 Å². The first-order valence-electron chi connectivity index (χ1n) is 5.74. The first-order chi connectivity index (χ1) is 8.39. The maximum Gasteiger partial charge on any atom is 0.227 e. The van der Waals surface area contributed by atoms with Gasteiger partial charge in [0.05, 0.1) is 29.1 Å². The van der Waals surface area contributed by atoms with Gasteiger partial charge in [-0.2, -0.15) is 0 Å². The predicted octanol–water partition coefficient (Wildman–Crippen LogP) is 0.640. The molecular formula is C11H16N2O3S2.